The van der Waals surface area contributed by atoms with Crippen molar-refractivity contribution in [2.24, 2.45) is 0 Å². The van der Waals surface area contributed by atoms with Gasteiger partial charge in [0, 0.05) is 19.5 Å². The lowest BCUT2D eigenvalue weighted by atomic mass is 10.2. The second kappa shape index (κ2) is 6.54. The quantitative estimate of drug-likeness (QED) is 0.872. The van der Waals surface area contributed by atoms with Crippen molar-refractivity contribution in [1.29, 1.82) is 0 Å². The Labute approximate surface area is 120 Å². The average molecular weight is 303 g/mol. The summed E-state index contributed by atoms with van der Waals surface area (Å²) >= 11 is 11.5. The Morgan fingerprint density at radius 2 is 1.89 bits per heavy atom. The van der Waals surface area contributed by atoms with E-state index in [9.17, 15) is 14.4 Å². The molecule has 1 rings (SSSR count). The van der Waals surface area contributed by atoms with Crippen LogP contribution < -0.4 is 10.2 Å². The van der Waals surface area contributed by atoms with Crippen molar-refractivity contribution >= 4 is 52.3 Å². The smallest absolute Gasteiger partial charge is 0.248 e. The van der Waals surface area contributed by atoms with E-state index in [0.717, 1.165) is 4.90 Å². The summed E-state index contributed by atoms with van der Waals surface area (Å²) in [6.07, 6.45) is 0. The molecule has 0 aromatic heterocycles. The molecule has 1 aromatic rings. The molecule has 0 bridgehead atoms. The van der Waals surface area contributed by atoms with Gasteiger partial charge in [0.25, 0.3) is 0 Å². The topological polar surface area (TPSA) is 66.5 Å². The summed E-state index contributed by atoms with van der Waals surface area (Å²) in [4.78, 5) is 34.9. The molecule has 7 heteroatoms. The largest absolute Gasteiger partial charge is 0.326 e. The molecule has 0 spiro atoms. The van der Waals surface area contributed by atoms with E-state index in [1.165, 1.54) is 26.0 Å². The summed E-state index contributed by atoms with van der Waals surface area (Å²) in [6, 6.07) is 4.47. The molecule has 0 radical (unpaired) electrons. The van der Waals surface area contributed by atoms with Gasteiger partial charge in [-0.05, 0) is 18.2 Å². The van der Waals surface area contributed by atoms with Gasteiger partial charge in [0.2, 0.25) is 17.7 Å². The minimum Gasteiger partial charge on any atom is -0.326 e. The van der Waals surface area contributed by atoms with Gasteiger partial charge in [-0.1, -0.05) is 11.6 Å². The molecule has 0 heterocycles. The van der Waals surface area contributed by atoms with Crippen molar-refractivity contribution in [2.45, 2.75) is 13.8 Å². The summed E-state index contributed by atoms with van der Waals surface area (Å²) in [5.74, 6) is -1.63. The van der Waals surface area contributed by atoms with Crippen molar-refractivity contribution < 1.29 is 14.4 Å². The first-order chi connectivity index (χ1) is 8.86. The molecule has 0 atom stereocenters. The highest BCUT2D eigenvalue weighted by atomic mass is 35.5. The fraction of sp³-hybridized carbons (Fsp3) is 0.250. The fourth-order valence-corrected chi connectivity index (χ4v) is 1.89. The Morgan fingerprint density at radius 1 is 1.26 bits per heavy atom. The van der Waals surface area contributed by atoms with E-state index < -0.39 is 11.8 Å². The molecular formula is C12H12Cl2N2O3. The lowest BCUT2D eigenvalue weighted by Gasteiger charge is -2.19. The zero-order valence-electron chi connectivity index (χ0n) is 10.4. The summed E-state index contributed by atoms with van der Waals surface area (Å²) < 4.78 is 0. The number of carbonyl (C=O) groups excluding carboxylic acids is 3. The molecule has 0 aliphatic carbocycles. The van der Waals surface area contributed by atoms with Crippen molar-refractivity contribution in [3.63, 3.8) is 0 Å². The van der Waals surface area contributed by atoms with Gasteiger partial charge < -0.3 is 5.32 Å². The second-order valence-corrected chi connectivity index (χ2v) is 4.40. The van der Waals surface area contributed by atoms with Gasteiger partial charge in [0.15, 0.2) is 0 Å². The minimum absolute atomic E-state index is 0.167. The molecule has 0 aliphatic heterocycles. The van der Waals surface area contributed by atoms with E-state index in [2.05, 4.69) is 5.32 Å². The molecule has 1 N–H and O–H groups in total. The van der Waals surface area contributed by atoms with Crippen LogP contribution >= 0.6 is 23.2 Å². The molecule has 3 amide bonds. The summed E-state index contributed by atoms with van der Waals surface area (Å²) in [6.45, 7) is 2.60. The molecule has 5 nitrogen and oxygen atoms in total. The van der Waals surface area contributed by atoms with Crippen LogP contribution in [0.1, 0.15) is 13.8 Å². The number of amides is 3. The van der Waals surface area contributed by atoms with Crippen LogP contribution in [0.5, 0.6) is 0 Å². The van der Waals surface area contributed by atoms with Crippen LogP contribution in [0.2, 0.25) is 5.02 Å². The van der Waals surface area contributed by atoms with E-state index in [1.807, 2.05) is 0 Å². The Hall–Kier alpha value is -1.59. The first-order valence-electron chi connectivity index (χ1n) is 5.33. The normalized spacial score (nSPS) is 9.89. The number of carbonyl (C=O) groups is 3. The van der Waals surface area contributed by atoms with E-state index in [-0.39, 0.29) is 22.5 Å². The lowest BCUT2D eigenvalue weighted by molar-refractivity contribution is -0.124. The highest BCUT2D eigenvalue weighted by Crippen LogP contribution is 2.29. The monoisotopic (exact) mass is 302 g/mol. The first kappa shape index (κ1) is 15.5. The van der Waals surface area contributed by atoms with Crippen LogP contribution in [-0.2, 0) is 14.4 Å². The van der Waals surface area contributed by atoms with Gasteiger partial charge in [0.1, 0.15) is 5.88 Å². The summed E-state index contributed by atoms with van der Waals surface area (Å²) in [5.41, 5.74) is 0.706. The first-order valence-corrected chi connectivity index (χ1v) is 6.24. The Morgan fingerprint density at radius 3 is 2.32 bits per heavy atom. The van der Waals surface area contributed by atoms with Crippen LogP contribution in [0.3, 0.4) is 0 Å². The van der Waals surface area contributed by atoms with Crippen LogP contribution in [0.4, 0.5) is 11.4 Å². The summed E-state index contributed by atoms with van der Waals surface area (Å²) in [7, 11) is 0. The van der Waals surface area contributed by atoms with Gasteiger partial charge in [0.05, 0.1) is 10.7 Å². The molecule has 0 fully saturated rings. The van der Waals surface area contributed by atoms with Crippen LogP contribution in [-0.4, -0.2) is 23.6 Å². The molecule has 102 valence electrons. The lowest BCUT2D eigenvalue weighted by Crippen LogP contribution is -2.36. The highest BCUT2D eigenvalue weighted by Gasteiger charge is 2.21. The van der Waals surface area contributed by atoms with Gasteiger partial charge >= 0.3 is 0 Å². The van der Waals surface area contributed by atoms with Crippen LogP contribution in [0, 0.1) is 0 Å². The predicted molar refractivity (Wildman–Crippen MR) is 74.6 cm³/mol. The van der Waals surface area contributed by atoms with Crippen molar-refractivity contribution in [1.82, 2.24) is 0 Å². The van der Waals surface area contributed by atoms with Crippen molar-refractivity contribution in [3.8, 4) is 0 Å². The van der Waals surface area contributed by atoms with E-state index in [1.54, 1.807) is 6.07 Å². The third-order valence-corrected chi connectivity index (χ3v) is 2.72. The van der Waals surface area contributed by atoms with Crippen molar-refractivity contribution in [3.05, 3.63) is 23.2 Å². The molecule has 0 saturated carbocycles. The third-order valence-electron chi connectivity index (χ3n) is 2.19. The van der Waals surface area contributed by atoms with Gasteiger partial charge in [-0.2, -0.15) is 0 Å². The number of benzene rings is 1. The minimum atomic E-state index is -0.566. The Kier molecular flexibility index (Phi) is 5.32. The highest BCUT2D eigenvalue weighted by molar-refractivity contribution is 6.37. The van der Waals surface area contributed by atoms with E-state index in [0.29, 0.717) is 5.69 Å². The number of alkyl halides is 1. The standard InChI is InChI=1S/C12H12Cl2N2O3/c1-7(17)15-9-3-4-11(10(14)5-9)16(8(2)18)12(19)6-13/h3-5H,6H2,1-2H3,(H,15,17). The number of nitrogens with one attached hydrogen (secondary N) is 1. The second-order valence-electron chi connectivity index (χ2n) is 3.73. The maximum Gasteiger partial charge on any atom is 0.248 e. The number of hydrogen-bond donors (Lipinski definition) is 1. The van der Waals surface area contributed by atoms with E-state index >= 15 is 0 Å². The number of imide groups is 1. The zero-order chi connectivity index (χ0) is 14.6. The molecule has 0 aliphatic rings. The van der Waals surface area contributed by atoms with Gasteiger partial charge in [-0.3, -0.25) is 14.4 Å². The molecule has 0 unspecified atom stereocenters. The number of halogens is 2. The zero-order valence-corrected chi connectivity index (χ0v) is 11.9. The maximum absolute atomic E-state index is 11.6. The average Bonchev–Trinajstić information content (AvgIpc) is 2.30. The number of hydrogen-bond acceptors (Lipinski definition) is 3. The molecular weight excluding hydrogens is 291 g/mol. The Bertz CT molecular complexity index is 532. The number of anilines is 2. The number of nitrogens with zero attached hydrogens (tertiary/aromatic N) is 1. The maximum atomic E-state index is 11.6. The summed E-state index contributed by atoms with van der Waals surface area (Å²) in [5, 5.41) is 2.71. The fourth-order valence-electron chi connectivity index (χ4n) is 1.51. The van der Waals surface area contributed by atoms with Gasteiger partial charge in [-0.15, -0.1) is 11.6 Å². The SMILES string of the molecule is CC(=O)Nc1ccc(N(C(C)=O)C(=O)CCl)c(Cl)c1. The number of rotatable bonds is 3. The molecule has 1 aromatic carbocycles. The molecule has 19 heavy (non-hydrogen) atoms. The molecule has 0 saturated heterocycles. The van der Waals surface area contributed by atoms with Crippen LogP contribution in [0.25, 0.3) is 0 Å². The third kappa shape index (κ3) is 3.94. The van der Waals surface area contributed by atoms with Crippen LogP contribution in [0.15, 0.2) is 18.2 Å². The van der Waals surface area contributed by atoms with E-state index in [4.69, 9.17) is 23.2 Å². The predicted octanol–water partition coefficient (Wildman–Crippen LogP) is 2.42. The van der Waals surface area contributed by atoms with Gasteiger partial charge in [-0.25, -0.2) is 4.90 Å². The van der Waals surface area contributed by atoms with Crippen molar-refractivity contribution in [2.75, 3.05) is 16.1 Å². The Balaban J connectivity index is 3.15.